The number of carbonyl (C=O) groups is 1. The molecule has 5 rings (SSSR count). The topological polar surface area (TPSA) is 72.3 Å². The molecule has 3 aromatic rings. The number of fused-ring (bicyclic) bond motifs is 2. The number of rotatable bonds is 4. The summed E-state index contributed by atoms with van der Waals surface area (Å²) in [5.74, 6) is 1.49. The zero-order valence-corrected chi connectivity index (χ0v) is 18.1. The van der Waals surface area contributed by atoms with Crippen LogP contribution in [0.15, 0.2) is 82.8 Å². The zero-order valence-electron chi connectivity index (χ0n) is 17.3. The summed E-state index contributed by atoms with van der Waals surface area (Å²) in [4.78, 5) is 22.3. The van der Waals surface area contributed by atoms with E-state index in [1.54, 1.807) is 6.07 Å². The molecule has 1 N–H and O–H groups in total. The molecule has 160 valence electrons. The largest absolute Gasteiger partial charge is 0.486 e. The van der Waals surface area contributed by atoms with Crippen molar-refractivity contribution in [2.75, 3.05) is 24.3 Å². The Balaban J connectivity index is 1.30. The third kappa shape index (κ3) is 4.68. The fraction of sp³-hybridized carbons (Fsp3) is 0.160. The molecule has 0 fully saturated rings. The Bertz CT molecular complexity index is 1210. The SMILES string of the molecule is O=C(CSC1=Nc2ccccc2N=C(c2ccccc2)C1)Nc1ccc2c(c1)OCCO2. The van der Waals surface area contributed by atoms with Gasteiger partial charge >= 0.3 is 0 Å². The van der Waals surface area contributed by atoms with Crippen molar-refractivity contribution < 1.29 is 14.3 Å². The van der Waals surface area contributed by atoms with Crippen LogP contribution in [0.4, 0.5) is 17.1 Å². The van der Waals surface area contributed by atoms with Crippen LogP contribution in [0.2, 0.25) is 0 Å². The van der Waals surface area contributed by atoms with Gasteiger partial charge in [-0.15, -0.1) is 11.8 Å². The molecule has 6 nitrogen and oxygen atoms in total. The summed E-state index contributed by atoms with van der Waals surface area (Å²) in [5.41, 5.74) is 4.32. The highest BCUT2D eigenvalue weighted by molar-refractivity contribution is 8.14. The van der Waals surface area contributed by atoms with Crippen LogP contribution in [0.5, 0.6) is 11.5 Å². The lowest BCUT2D eigenvalue weighted by Gasteiger charge is -2.19. The van der Waals surface area contributed by atoms with Crippen LogP contribution in [0.3, 0.4) is 0 Å². The fourth-order valence-electron chi connectivity index (χ4n) is 3.50. The van der Waals surface area contributed by atoms with Gasteiger partial charge in [0.25, 0.3) is 0 Å². The Morgan fingerprint density at radius 3 is 2.41 bits per heavy atom. The average Bonchev–Trinajstić information content (AvgIpc) is 3.03. The number of hydrogen-bond donors (Lipinski definition) is 1. The van der Waals surface area contributed by atoms with Crippen molar-refractivity contribution in [2.45, 2.75) is 6.42 Å². The van der Waals surface area contributed by atoms with Crippen molar-refractivity contribution in [1.82, 2.24) is 0 Å². The lowest BCUT2D eigenvalue weighted by Crippen LogP contribution is -2.18. The molecule has 2 aliphatic heterocycles. The van der Waals surface area contributed by atoms with E-state index in [0.717, 1.165) is 27.7 Å². The molecule has 0 radical (unpaired) electrons. The molecule has 0 aromatic heterocycles. The number of carbonyl (C=O) groups excluding carboxylic acids is 1. The van der Waals surface area contributed by atoms with Crippen LogP contribution >= 0.6 is 11.8 Å². The maximum Gasteiger partial charge on any atom is 0.234 e. The summed E-state index contributed by atoms with van der Waals surface area (Å²) in [6, 6.07) is 23.3. The van der Waals surface area contributed by atoms with Crippen molar-refractivity contribution >= 4 is 45.5 Å². The number of benzene rings is 3. The first-order chi connectivity index (χ1) is 15.7. The van der Waals surface area contributed by atoms with Crippen molar-refractivity contribution in [3.63, 3.8) is 0 Å². The standard InChI is InChI=1S/C25H21N3O3S/c29-24(26-18-10-11-22-23(14-18)31-13-12-30-22)16-32-25-15-21(17-6-2-1-3-7-17)27-19-8-4-5-9-20(19)28-25/h1-11,14H,12-13,15-16H2,(H,26,29). The molecule has 0 saturated heterocycles. The second-order valence-electron chi connectivity index (χ2n) is 7.29. The lowest BCUT2D eigenvalue weighted by atomic mass is 10.1. The molecule has 0 aliphatic carbocycles. The van der Waals surface area contributed by atoms with Crippen LogP contribution in [0, 0.1) is 0 Å². The first kappa shape index (κ1) is 20.3. The number of nitrogens with one attached hydrogen (secondary N) is 1. The molecule has 2 heterocycles. The van der Waals surface area contributed by atoms with Crippen LogP contribution in [0.1, 0.15) is 12.0 Å². The molecule has 0 bridgehead atoms. The number of amides is 1. The van der Waals surface area contributed by atoms with Gasteiger partial charge in [0.1, 0.15) is 13.2 Å². The van der Waals surface area contributed by atoms with E-state index in [9.17, 15) is 4.79 Å². The second-order valence-corrected chi connectivity index (χ2v) is 8.34. The lowest BCUT2D eigenvalue weighted by molar-refractivity contribution is -0.113. The minimum absolute atomic E-state index is 0.106. The average molecular weight is 444 g/mol. The van der Waals surface area contributed by atoms with E-state index in [-0.39, 0.29) is 11.7 Å². The third-order valence-electron chi connectivity index (χ3n) is 5.00. The second kappa shape index (κ2) is 9.28. The van der Waals surface area contributed by atoms with Crippen molar-refractivity contribution in [3.05, 3.63) is 78.4 Å². The van der Waals surface area contributed by atoms with E-state index in [4.69, 9.17) is 19.5 Å². The Hall–Kier alpha value is -3.58. The van der Waals surface area contributed by atoms with Crippen molar-refractivity contribution in [2.24, 2.45) is 9.98 Å². The number of thioether (sulfide) groups is 1. The minimum Gasteiger partial charge on any atom is -0.486 e. The van der Waals surface area contributed by atoms with Crippen molar-refractivity contribution in [3.8, 4) is 11.5 Å². The monoisotopic (exact) mass is 443 g/mol. The van der Waals surface area contributed by atoms with Crippen LogP contribution in [-0.2, 0) is 4.79 Å². The summed E-state index contributed by atoms with van der Waals surface area (Å²) in [6.45, 7) is 1.04. The van der Waals surface area contributed by atoms with Crippen LogP contribution in [0.25, 0.3) is 0 Å². The van der Waals surface area contributed by atoms with Gasteiger partial charge in [0.2, 0.25) is 5.91 Å². The quantitative estimate of drug-likeness (QED) is 0.587. The number of nitrogens with zero attached hydrogens (tertiary/aromatic N) is 2. The third-order valence-corrected chi connectivity index (χ3v) is 5.98. The van der Waals surface area contributed by atoms with Gasteiger partial charge in [0.05, 0.1) is 27.9 Å². The van der Waals surface area contributed by atoms with Gasteiger partial charge < -0.3 is 14.8 Å². The van der Waals surface area contributed by atoms with Gasteiger partial charge in [-0.05, 0) is 29.8 Å². The summed E-state index contributed by atoms with van der Waals surface area (Å²) in [5, 5.41) is 3.79. The van der Waals surface area contributed by atoms with Gasteiger partial charge in [-0.2, -0.15) is 0 Å². The molecule has 7 heteroatoms. The van der Waals surface area contributed by atoms with E-state index >= 15 is 0 Å². The summed E-state index contributed by atoms with van der Waals surface area (Å²) in [6.07, 6.45) is 0.570. The molecular weight excluding hydrogens is 422 g/mol. The minimum atomic E-state index is -0.106. The number of ether oxygens (including phenoxy) is 2. The van der Waals surface area contributed by atoms with Gasteiger partial charge in [-0.25, -0.2) is 4.99 Å². The number of hydrogen-bond acceptors (Lipinski definition) is 6. The summed E-state index contributed by atoms with van der Waals surface area (Å²) in [7, 11) is 0. The molecular formula is C25H21N3O3S. The first-order valence-corrected chi connectivity index (χ1v) is 11.3. The van der Waals surface area contributed by atoms with Gasteiger partial charge in [-0.1, -0.05) is 42.5 Å². The molecule has 2 aliphatic rings. The predicted octanol–water partition coefficient (Wildman–Crippen LogP) is 5.38. The van der Waals surface area contributed by atoms with Crippen LogP contribution in [-0.4, -0.2) is 35.6 Å². The molecule has 32 heavy (non-hydrogen) atoms. The van der Waals surface area contributed by atoms with E-state index in [1.807, 2.05) is 66.7 Å². The Kier molecular flexibility index (Phi) is 5.89. The van der Waals surface area contributed by atoms with Gasteiger partial charge in [0, 0.05) is 18.2 Å². The molecule has 0 atom stereocenters. The molecule has 3 aromatic carbocycles. The van der Waals surface area contributed by atoms with E-state index in [0.29, 0.717) is 36.8 Å². The summed E-state index contributed by atoms with van der Waals surface area (Å²) < 4.78 is 11.1. The molecule has 0 saturated carbocycles. The maximum absolute atomic E-state index is 12.6. The first-order valence-electron chi connectivity index (χ1n) is 10.4. The Morgan fingerprint density at radius 2 is 1.59 bits per heavy atom. The Morgan fingerprint density at radius 1 is 0.875 bits per heavy atom. The van der Waals surface area contributed by atoms with E-state index in [1.165, 1.54) is 11.8 Å². The smallest absolute Gasteiger partial charge is 0.234 e. The zero-order chi connectivity index (χ0) is 21.8. The maximum atomic E-state index is 12.6. The van der Waals surface area contributed by atoms with Gasteiger partial charge in [-0.3, -0.25) is 9.79 Å². The van der Waals surface area contributed by atoms with E-state index in [2.05, 4.69) is 5.32 Å². The van der Waals surface area contributed by atoms with Gasteiger partial charge in [0.15, 0.2) is 11.5 Å². The number of aliphatic imine (C=N–C) groups is 2. The van der Waals surface area contributed by atoms with E-state index < -0.39 is 0 Å². The van der Waals surface area contributed by atoms with Crippen molar-refractivity contribution in [1.29, 1.82) is 0 Å². The summed E-state index contributed by atoms with van der Waals surface area (Å²) >= 11 is 1.43. The number of para-hydroxylation sites is 2. The molecule has 0 unspecified atom stereocenters. The fourth-order valence-corrected chi connectivity index (χ4v) is 4.27. The molecule has 0 spiro atoms. The highest BCUT2D eigenvalue weighted by Gasteiger charge is 2.17. The number of anilines is 1. The van der Waals surface area contributed by atoms with Crippen LogP contribution < -0.4 is 14.8 Å². The highest BCUT2D eigenvalue weighted by Crippen LogP contribution is 2.34. The Labute approximate surface area is 190 Å². The predicted molar refractivity (Wildman–Crippen MR) is 129 cm³/mol. The molecule has 1 amide bonds. The normalized spacial score (nSPS) is 14.5. The highest BCUT2D eigenvalue weighted by atomic mass is 32.2.